The Morgan fingerprint density at radius 2 is 2.29 bits per heavy atom. The highest BCUT2D eigenvalue weighted by atomic mass is 35.5. The van der Waals surface area contributed by atoms with Crippen molar-refractivity contribution >= 4 is 28.7 Å². The number of aryl methyl sites for hydroxylation is 2. The molecule has 0 spiro atoms. The van der Waals surface area contributed by atoms with Crippen molar-refractivity contribution in [2.75, 3.05) is 0 Å². The minimum Gasteiger partial charge on any atom is -0.352 e. The number of alkyl halides is 1. The standard InChI is InChI=1S/C14H20ClN5O/c1-4-20-14-12(9(3)18-20)17-13(8(2)15)19(14)7-10-5-6-11(21)16-10/h8,10H,4-7H2,1-3H3,(H,16,21). The number of nitrogens with zero attached hydrogens (tertiary/aromatic N) is 4. The Morgan fingerprint density at radius 3 is 2.86 bits per heavy atom. The van der Waals surface area contributed by atoms with Gasteiger partial charge in [0.2, 0.25) is 5.91 Å². The number of imidazole rings is 1. The van der Waals surface area contributed by atoms with E-state index in [4.69, 9.17) is 11.6 Å². The molecule has 2 atom stereocenters. The minimum absolute atomic E-state index is 0.122. The summed E-state index contributed by atoms with van der Waals surface area (Å²) in [6.45, 7) is 7.42. The summed E-state index contributed by atoms with van der Waals surface area (Å²) in [5, 5.41) is 7.35. The Kier molecular flexibility index (Phi) is 3.65. The second-order valence-corrected chi connectivity index (χ2v) is 6.23. The predicted octanol–water partition coefficient (Wildman–Crippen LogP) is 2.14. The Labute approximate surface area is 128 Å². The van der Waals surface area contributed by atoms with Crippen LogP contribution in [-0.4, -0.2) is 31.3 Å². The van der Waals surface area contributed by atoms with E-state index < -0.39 is 0 Å². The number of amides is 1. The van der Waals surface area contributed by atoms with E-state index in [1.54, 1.807) is 0 Å². The van der Waals surface area contributed by atoms with Crippen LogP contribution in [0.2, 0.25) is 0 Å². The lowest BCUT2D eigenvalue weighted by molar-refractivity contribution is -0.119. The van der Waals surface area contributed by atoms with Crippen molar-refractivity contribution in [2.45, 2.75) is 58.1 Å². The number of rotatable bonds is 4. The predicted molar refractivity (Wildman–Crippen MR) is 81.4 cm³/mol. The first-order chi connectivity index (χ1) is 10.0. The number of aromatic nitrogens is 4. The van der Waals surface area contributed by atoms with Gasteiger partial charge in [-0.3, -0.25) is 4.79 Å². The molecular weight excluding hydrogens is 290 g/mol. The van der Waals surface area contributed by atoms with Crippen molar-refractivity contribution in [1.82, 2.24) is 24.6 Å². The normalized spacial score (nSPS) is 20.2. The van der Waals surface area contributed by atoms with Gasteiger partial charge in [-0.05, 0) is 27.2 Å². The molecule has 2 unspecified atom stereocenters. The third kappa shape index (κ3) is 2.41. The Balaban J connectivity index is 2.08. The molecule has 1 aliphatic heterocycles. The van der Waals surface area contributed by atoms with Crippen molar-refractivity contribution < 1.29 is 4.79 Å². The van der Waals surface area contributed by atoms with E-state index >= 15 is 0 Å². The number of hydrogen-bond donors (Lipinski definition) is 1. The third-order valence-corrected chi connectivity index (χ3v) is 4.17. The second-order valence-electron chi connectivity index (χ2n) is 5.57. The van der Waals surface area contributed by atoms with Crippen LogP contribution in [0.4, 0.5) is 0 Å². The first-order valence-electron chi connectivity index (χ1n) is 7.38. The van der Waals surface area contributed by atoms with E-state index in [-0.39, 0.29) is 17.3 Å². The summed E-state index contributed by atoms with van der Waals surface area (Å²) in [5.74, 6) is 0.965. The van der Waals surface area contributed by atoms with Crippen LogP contribution in [0.25, 0.3) is 11.2 Å². The fraction of sp³-hybridized carbons (Fsp3) is 0.643. The van der Waals surface area contributed by atoms with Gasteiger partial charge < -0.3 is 9.88 Å². The minimum atomic E-state index is -0.181. The van der Waals surface area contributed by atoms with Crippen molar-refractivity contribution in [3.8, 4) is 0 Å². The molecule has 0 bridgehead atoms. The largest absolute Gasteiger partial charge is 0.352 e. The van der Waals surface area contributed by atoms with Crippen molar-refractivity contribution in [1.29, 1.82) is 0 Å². The van der Waals surface area contributed by atoms with Gasteiger partial charge in [0.25, 0.3) is 0 Å². The summed E-state index contributed by atoms with van der Waals surface area (Å²) in [5.41, 5.74) is 2.82. The molecule has 3 heterocycles. The molecule has 1 amide bonds. The summed E-state index contributed by atoms with van der Waals surface area (Å²) < 4.78 is 4.07. The van der Waals surface area contributed by atoms with Crippen LogP contribution >= 0.6 is 11.6 Å². The maximum Gasteiger partial charge on any atom is 0.220 e. The van der Waals surface area contributed by atoms with Crippen LogP contribution in [-0.2, 0) is 17.9 Å². The van der Waals surface area contributed by atoms with Crippen LogP contribution in [0, 0.1) is 6.92 Å². The average molecular weight is 310 g/mol. The van der Waals surface area contributed by atoms with Crippen molar-refractivity contribution in [2.24, 2.45) is 0 Å². The third-order valence-electron chi connectivity index (χ3n) is 3.97. The molecule has 0 aromatic carbocycles. The fourth-order valence-corrected chi connectivity index (χ4v) is 3.15. The summed E-state index contributed by atoms with van der Waals surface area (Å²) in [6.07, 6.45) is 1.45. The van der Waals surface area contributed by atoms with Crippen LogP contribution in [0.5, 0.6) is 0 Å². The number of halogens is 1. The monoisotopic (exact) mass is 309 g/mol. The Hall–Kier alpha value is -1.56. The molecule has 0 aliphatic carbocycles. The van der Waals surface area contributed by atoms with Gasteiger partial charge in [0, 0.05) is 25.6 Å². The summed E-state index contributed by atoms with van der Waals surface area (Å²) >= 11 is 6.30. The fourth-order valence-electron chi connectivity index (χ4n) is 2.98. The van der Waals surface area contributed by atoms with Gasteiger partial charge in [-0.1, -0.05) is 0 Å². The van der Waals surface area contributed by atoms with Gasteiger partial charge in [-0.2, -0.15) is 5.10 Å². The maximum absolute atomic E-state index is 11.4. The molecule has 6 nitrogen and oxygen atoms in total. The molecule has 1 N–H and O–H groups in total. The number of carbonyl (C=O) groups is 1. The van der Waals surface area contributed by atoms with Crippen molar-refractivity contribution in [3.63, 3.8) is 0 Å². The molecule has 0 saturated carbocycles. The summed E-state index contributed by atoms with van der Waals surface area (Å²) in [6, 6.07) is 0.143. The summed E-state index contributed by atoms with van der Waals surface area (Å²) in [7, 11) is 0. The van der Waals surface area contributed by atoms with Gasteiger partial charge in [-0.15, -0.1) is 11.6 Å². The van der Waals surface area contributed by atoms with Crippen LogP contribution in [0.3, 0.4) is 0 Å². The Bertz CT molecular complexity index is 687. The zero-order chi connectivity index (χ0) is 15.1. The number of carbonyl (C=O) groups excluding carboxylic acids is 1. The van der Waals surface area contributed by atoms with E-state index in [9.17, 15) is 4.79 Å². The Morgan fingerprint density at radius 1 is 1.52 bits per heavy atom. The summed E-state index contributed by atoms with van der Waals surface area (Å²) in [4.78, 5) is 16.1. The van der Waals surface area contributed by atoms with Gasteiger partial charge >= 0.3 is 0 Å². The average Bonchev–Trinajstić information content (AvgIpc) is 3.08. The molecular formula is C14H20ClN5O. The van der Waals surface area contributed by atoms with E-state index in [0.29, 0.717) is 13.0 Å². The van der Waals surface area contributed by atoms with E-state index in [1.807, 2.05) is 18.5 Å². The molecule has 2 aromatic rings. The number of nitrogens with one attached hydrogen (secondary N) is 1. The zero-order valence-corrected chi connectivity index (χ0v) is 13.3. The van der Waals surface area contributed by atoms with E-state index in [2.05, 4.69) is 26.9 Å². The molecule has 114 valence electrons. The maximum atomic E-state index is 11.4. The zero-order valence-electron chi connectivity index (χ0n) is 12.6. The van der Waals surface area contributed by atoms with Gasteiger partial charge in [0.15, 0.2) is 5.65 Å². The highest BCUT2D eigenvalue weighted by Crippen LogP contribution is 2.27. The molecule has 1 fully saturated rings. The lowest BCUT2D eigenvalue weighted by atomic mass is 10.2. The molecule has 1 aliphatic rings. The molecule has 3 rings (SSSR count). The van der Waals surface area contributed by atoms with E-state index in [0.717, 1.165) is 35.6 Å². The second kappa shape index (κ2) is 5.33. The lowest BCUT2D eigenvalue weighted by Crippen LogP contribution is -2.30. The molecule has 7 heteroatoms. The van der Waals surface area contributed by atoms with Crippen LogP contribution < -0.4 is 5.32 Å². The number of hydrogen-bond acceptors (Lipinski definition) is 3. The lowest BCUT2D eigenvalue weighted by Gasteiger charge is -2.16. The van der Waals surface area contributed by atoms with Crippen LogP contribution in [0.15, 0.2) is 0 Å². The SMILES string of the molecule is CCn1nc(C)c2nc(C(C)Cl)n(CC3CCC(=O)N3)c21. The molecule has 21 heavy (non-hydrogen) atoms. The van der Waals surface area contributed by atoms with Gasteiger partial charge in [0.1, 0.15) is 11.3 Å². The van der Waals surface area contributed by atoms with Gasteiger partial charge in [-0.25, -0.2) is 9.67 Å². The highest BCUT2D eigenvalue weighted by Gasteiger charge is 2.26. The topological polar surface area (TPSA) is 64.7 Å². The first-order valence-corrected chi connectivity index (χ1v) is 7.81. The molecule has 1 saturated heterocycles. The van der Waals surface area contributed by atoms with Gasteiger partial charge in [0.05, 0.1) is 11.1 Å². The quantitative estimate of drug-likeness (QED) is 0.880. The molecule has 2 aromatic heterocycles. The highest BCUT2D eigenvalue weighted by molar-refractivity contribution is 6.20. The van der Waals surface area contributed by atoms with Crippen molar-refractivity contribution in [3.05, 3.63) is 11.5 Å². The molecule has 0 radical (unpaired) electrons. The van der Waals surface area contributed by atoms with Crippen LogP contribution in [0.1, 0.15) is 43.6 Å². The first kappa shape index (κ1) is 14.4. The number of fused-ring (bicyclic) bond motifs is 1. The smallest absolute Gasteiger partial charge is 0.220 e. The van der Waals surface area contributed by atoms with E-state index in [1.165, 1.54) is 0 Å².